The maximum atomic E-state index is 12.3. The van der Waals surface area contributed by atoms with Gasteiger partial charge in [-0.3, -0.25) is 9.59 Å². The van der Waals surface area contributed by atoms with Gasteiger partial charge in [0.1, 0.15) is 5.41 Å². The van der Waals surface area contributed by atoms with Gasteiger partial charge in [0.15, 0.2) is 5.78 Å². The second kappa shape index (κ2) is 5.62. The molecular weight excluding hydrogens is 361 g/mol. The maximum absolute atomic E-state index is 12.3. The minimum absolute atomic E-state index is 0.0710. The largest absolute Gasteiger partial charge is 0.504 e. The first-order chi connectivity index (χ1) is 9.03. The highest BCUT2D eigenvalue weighted by Gasteiger charge is 2.50. The Morgan fingerprint density at radius 3 is 2.89 bits per heavy atom. The Balaban J connectivity index is 2.47. The van der Waals surface area contributed by atoms with Gasteiger partial charge in [-0.25, -0.2) is 3.11 Å². The number of carbonyl (C=O) groups is 2. The van der Waals surface area contributed by atoms with Crippen LogP contribution >= 0.6 is 22.9 Å². The number of hydrogen-bond acceptors (Lipinski definition) is 5. The number of allylic oxidation sites excluding steroid dienone is 2. The van der Waals surface area contributed by atoms with Gasteiger partial charge < -0.3 is 9.47 Å². The highest BCUT2D eigenvalue weighted by Crippen LogP contribution is 2.45. The molecule has 19 heavy (non-hydrogen) atoms. The van der Waals surface area contributed by atoms with E-state index < -0.39 is 5.41 Å². The summed E-state index contributed by atoms with van der Waals surface area (Å²) in [6.45, 7) is 1.39. The molecule has 1 aliphatic carbocycles. The van der Waals surface area contributed by atoms with Crippen LogP contribution in [0.3, 0.4) is 0 Å². The van der Waals surface area contributed by atoms with E-state index in [0.717, 1.165) is 12.1 Å². The normalized spacial score (nSPS) is 29.7. The summed E-state index contributed by atoms with van der Waals surface area (Å²) >= 11 is 2.20. The lowest BCUT2D eigenvalue weighted by Crippen LogP contribution is -2.49. The molecule has 6 heteroatoms. The smallest absolute Gasteiger partial charge is 0.317 e. The van der Waals surface area contributed by atoms with E-state index in [1.807, 2.05) is 0 Å². The number of esters is 1. The number of halogens is 1. The molecule has 0 spiro atoms. The van der Waals surface area contributed by atoms with Gasteiger partial charge in [-0.15, -0.1) is 0 Å². The number of fused-ring (bicyclic) bond motifs is 1. The van der Waals surface area contributed by atoms with Gasteiger partial charge in [-0.1, -0.05) is 0 Å². The average molecular weight is 377 g/mol. The Hall–Kier alpha value is -0.890. The summed E-state index contributed by atoms with van der Waals surface area (Å²) in [5.41, 5.74) is 0.654. The van der Waals surface area contributed by atoms with Crippen LogP contribution in [0.2, 0.25) is 0 Å². The van der Waals surface area contributed by atoms with Crippen LogP contribution in [-0.4, -0.2) is 42.2 Å². The van der Waals surface area contributed by atoms with Crippen molar-refractivity contribution in [3.8, 4) is 0 Å². The van der Waals surface area contributed by atoms with Crippen LogP contribution in [-0.2, 0) is 19.1 Å². The molecule has 0 radical (unpaired) electrons. The molecule has 0 aromatic heterocycles. The van der Waals surface area contributed by atoms with Crippen molar-refractivity contribution in [1.82, 2.24) is 3.11 Å². The van der Waals surface area contributed by atoms with E-state index >= 15 is 0 Å². The molecule has 0 aromatic rings. The maximum Gasteiger partial charge on any atom is 0.317 e. The van der Waals surface area contributed by atoms with Crippen LogP contribution in [0.4, 0.5) is 0 Å². The second-order valence-corrected chi connectivity index (χ2v) is 6.12. The summed E-state index contributed by atoms with van der Waals surface area (Å²) < 4.78 is 12.0. The minimum atomic E-state index is -0.744. The number of hydrogen-bond donors (Lipinski definition) is 0. The Labute approximate surface area is 126 Å². The molecule has 1 atom stereocenters. The molecule has 0 amide bonds. The minimum Gasteiger partial charge on any atom is -0.504 e. The number of rotatable bonds is 2. The summed E-state index contributed by atoms with van der Waals surface area (Å²) in [5, 5.41) is 0. The molecule has 1 saturated heterocycles. The van der Waals surface area contributed by atoms with Crippen molar-refractivity contribution in [3.05, 3.63) is 23.5 Å². The van der Waals surface area contributed by atoms with E-state index in [0.29, 0.717) is 25.0 Å². The van der Waals surface area contributed by atoms with Crippen LogP contribution in [0.1, 0.15) is 12.8 Å². The average Bonchev–Trinajstić information content (AvgIpc) is 2.39. The number of ketones is 1. The molecule has 0 saturated carbocycles. The topological polar surface area (TPSA) is 55.8 Å². The van der Waals surface area contributed by atoms with E-state index in [1.54, 1.807) is 6.08 Å². The van der Waals surface area contributed by atoms with Gasteiger partial charge in [0.05, 0.1) is 20.5 Å². The molecule has 0 aromatic carbocycles. The molecule has 1 heterocycles. The van der Waals surface area contributed by atoms with E-state index in [1.165, 1.54) is 20.5 Å². The van der Waals surface area contributed by atoms with Crippen LogP contribution in [0, 0.1) is 5.41 Å². The fourth-order valence-electron chi connectivity index (χ4n) is 2.70. The first-order valence-corrected chi connectivity index (χ1v) is 6.96. The second-order valence-electron chi connectivity index (χ2n) is 4.76. The molecule has 0 N–H and O–H groups in total. The molecule has 2 aliphatic rings. The predicted octanol–water partition coefficient (Wildman–Crippen LogP) is 1.63. The van der Waals surface area contributed by atoms with Gasteiger partial charge >= 0.3 is 5.97 Å². The van der Waals surface area contributed by atoms with Crippen molar-refractivity contribution in [2.75, 3.05) is 27.3 Å². The number of piperidine rings is 1. The zero-order chi connectivity index (χ0) is 14.0. The van der Waals surface area contributed by atoms with Crippen LogP contribution in [0.5, 0.6) is 0 Å². The van der Waals surface area contributed by atoms with Gasteiger partial charge in [0.2, 0.25) is 0 Å². The third-order valence-electron chi connectivity index (χ3n) is 3.63. The third-order valence-corrected chi connectivity index (χ3v) is 4.45. The van der Waals surface area contributed by atoms with Crippen LogP contribution in [0.25, 0.3) is 0 Å². The molecule has 2 rings (SSSR count). The summed E-state index contributed by atoms with van der Waals surface area (Å²) in [6, 6.07) is 0. The van der Waals surface area contributed by atoms with Gasteiger partial charge in [0.25, 0.3) is 0 Å². The fraction of sp³-hybridized carbons (Fsp3) is 0.538. The lowest BCUT2D eigenvalue weighted by molar-refractivity contribution is -0.151. The van der Waals surface area contributed by atoms with Crippen LogP contribution < -0.4 is 0 Å². The van der Waals surface area contributed by atoms with Crippen molar-refractivity contribution in [3.63, 3.8) is 0 Å². The van der Waals surface area contributed by atoms with Crippen molar-refractivity contribution in [2.45, 2.75) is 12.8 Å². The number of carbonyl (C=O) groups excluding carboxylic acids is 2. The Bertz CT molecular complexity index is 471. The van der Waals surface area contributed by atoms with Crippen molar-refractivity contribution >= 4 is 34.6 Å². The van der Waals surface area contributed by atoms with Gasteiger partial charge in [0, 0.05) is 47.9 Å². The van der Waals surface area contributed by atoms with Gasteiger partial charge in [-0.05, 0) is 18.1 Å². The Morgan fingerprint density at radius 2 is 2.26 bits per heavy atom. The molecule has 1 fully saturated rings. The number of methoxy groups -OCH3 is 2. The summed E-state index contributed by atoms with van der Waals surface area (Å²) in [7, 11) is 2.88. The quantitative estimate of drug-likeness (QED) is 0.241. The van der Waals surface area contributed by atoms with E-state index in [2.05, 4.69) is 26.0 Å². The lowest BCUT2D eigenvalue weighted by atomic mass is 9.67. The monoisotopic (exact) mass is 377 g/mol. The highest BCUT2D eigenvalue weighted by molar-refractivity contribution is 14.1. The SMILES string of the molecule is CO/C=C1/C[C@]2(C(=O)OC)CN(I)CCC2=CC1=O. The zero-order valence-electron chi connectivity index (χ0n) is 10.9. The predicted molar refractivity (Wildman–Crippen MR) is 77.5 cm³/mol. The molecule has 5 nitrogen and oxygen atoms in total. The number of ether oxygens (including phenoxy) is 2. The summed E-state index contributed by atoms with van der Waals surface area (Å²) in [4.78, 5) is 24.2. The first kappa shape index (κ1) is 14.5. The van der Waals surface area contributed by atoms with Crippen molar-refractivity contribution in [2.24, 2.45) is 5.41 Å². The van der Waals surface area contributed by atoms with E-state index in [4.69, 9.17) is 9.47 Å². The Kier molecular flexibility index (Phi) is 4.29. The molecule has 1 aliphatic heterocycles. The molecule has 0 bridgehead atoms. The standard InChI is InChI=1S/C13H16INO4/c1-18-7-9-6-13(12(17)19-2)8-15(14)4-3-10(13)5-11(9)16/h5,7H,3-4,6,8H2,1-2H3/b9-7-/t13-/m0/s1. The third kappa shape index (κ3) is 2.55. The van der Waals surface area contributed by atoms with Gasteiger partial charge in [-0.2, -0.15) is 0 Å². The Morgan fingerprint density at radius 1 is 1.53 bits per heavy atom. The van der Waals surface area contributed by atoms with Crippen molar-refractivity contribution in [1.29, 1.82) is 0 Å². The fourth-order valence-corrected chi connectivity index (χ4v) is 3.53. The van der Waals surface area contributed by atoms with Crippen molar-refractivity contribution < 1.29 is 19.1 Å². The molecule has 104 valence electrons. The van der Waals surface area contributed by atoms with E-state index in [9.17, 15) is 9.59 Å². The summed E-state index contributed by atoms with van der Waals surface area (Å²) in [6.07, 6.45) is 4.06. The zero-order valence-corrected chi connectivity index (χ0v) is 13.1. The summed E-state index contributed by atoms with van der Waals surface area (Å²) in [5.74, 6) is -0.354. The molecule has 0 unspecified atom stereocenters. The van der Waals surface area contributed by atoms with Crippen LogP contribution in [0.15, 0.2) is 23.5 Å². The molecular formula is C13H16INO4. The number of nitrogens with zero attached hydrogens (tertiary/aromatic N) is 1. The highest BCUT2D eigenvalue weighted by atomic mass is 127. The first-order valence-electron chi connectivity index (χ1n) is 6.00. The lowest BCUT2D eigenvalue weighted by Gasteiger charge is -2.42. The van der Waals surface area contributed by atoms with E-state index in [-0.39, 0.29) is 11.8 Å².